The third-order valence-corrected chi connectivity index (χ3v) is 5.71. The van der Waals surface area contributed by atoms with Gasteiger partial charge in [-0.2, -0.15) is 9.40 Å². The van der Waals surface area contributed by atoms with E-state index in [0.29, 0.717) is 24.6 Å². The van der Waals surface area contributed by atoms with Crippen molar-refractivity contribution in [3.63, 3.8) is 0 Å². The SMILES string of the molecule is CCCNCc1cn[nH]c1S(=O)(=O)N1CC(C)CC1C. The normalized spacial score (nSPS) is 24.4. The number of rotatable bonds is 6. The smallest absolute Gasteiger partial charge is 0.260 e. The predicted molar refractivity (Wildman–Crippen MR) is 77.7 cm³/mol. The molecule has 2 unspecified atom stereocenters. The van der Waals surface area contributed by atoms with Crippen LogP contribution < -0.4 is 5.32 Å². The van der Waals surface area contributed by atoms with Gasteiger partial charge in [-0.1, -0.05) is 13.8 Å². The standard InChI is InChI=1S/C13H24N4O2S/c1-4-5-14-7-12-8-15-16-13(12)20(18,19)17-9-10(2)6-11(17)3/h8,10-11,14H,4-7,9H2,1-3H3,(H,15,16). The minimum atomic E-state index is -3.47. The Bertz CT molecular complexity index is 540. The number of hydrogen-bond acceptors (Lipinski definition) is 4. The molecule has 0 aromatic carbocycles. The highest BCUT2D eigenvalue weighted by Gasteiger charge is 2.37. The maximum atomic E-state index is 12.7. The zero-order chi connectivity index (χ0) is 14.8. The molecule has 1 aliphatic rings. The van der Waals surface area contributed by atoms with Crippen LogP contribution in [0.15, 0.2) is 11.2 Å². The molecule has 0 saturated carbocycles. The Labute approximate surface area is 121 Å². The van der Waals surface area contributed by atoms with Crippen molar-refractivity contribution in [2.24, 2.45) is 5.92 Å². The van der Waals surface area contributed by atoms with Gasteiger partial charge in [0.05, 0.1) is 6.20 Å². The number of aromatic nitrogens is 2. The Morgan fingerprint density at radius 1 is 1.50 bits per heavy atom. The van der Waals surface area contributed by atoms with Gasteiger partial charge in [-0.3, -0.25) is 5.10 Å². The molecule has 1 aromatic rings. The quantitative estimate of drug-likeness (QED) is 0.777. The van der Waals surface area contributed by atoms with Crippen molar-refractivity contribution in [3.05, 3.63) is 11.8 Å². The number of nitrogens with one attached hydrogen (secondary N) is 2. The maximum absolute atomic E-state index is 12.7. The lowest BCUT2D eigenvalue weighted by Gasteiger charge is -2.20. The third-order valence-electron chi connectivity index (χ3n) is 3.71. The predicted octanol–water partition coefficient (Wildman–Crippen LogP) is 1.33. The van der Waals surface area contributed by atoms with E-state index < -0.39 is 10.0 Å². The summed E-state index contributed by atoms with van der Waals surface area (Å²) < 4.78 is 27.1. The van der Waals surface area contributed by atoms with Crippen LogP contribution in [0.4, 0.5) is 0 Å². The van der Waals surface area contributed by atoms with Crippen molar-refractivity contribution >= 4 is 10.0 Å². The molecule has 0 amide bonds. The van der Waals surface area contributed by atoms with Gasteiger partial charge in [0.1, 0.15) is 0 Å². The van der Waals surface area contributed by atoms with E-state index >= 15 is 0 Å². The molecule has 0 aliphatic carbocycles. The van der Waals surface area contributed by atoms with Crippen molar-refractivity contribution in [3.8, 4) is 0 Å². The second kappa shape index (κ2) is 6.24. The first-order valence-corrected chi connectivity index (χ1v) is 8.65. The molecule has 6 nitrogen and oxygen atoms in total. The van der Waals surface area contributed by atoms with Crippen LogP contribution in [-0.2, 0) is 16.6 Å². The molecular weight excluding hydrogens is 276 g/mol. The Morgan fingerprint density at radius 2 is 2.25 bits per heavy atom. The van der Waals surface area contributed by atoms with Crippen LogP contribution in [0.2, 0.25) is 0 Å². The zero-order valence-corrected chi connectivity index (χ0v) is 13.2. The molecule has 7 heteroatoms. The van der Waals surface area contributed by atoms with E-state index in [4.69, 9.17) is 0 Å². The number of hydrogen-bond donors (Lipinski definition) is 2. The largest absolute Gasteiger partial charge is 0.313 e. The third kappa shape index (κ3) is 3.05. The number of H-pyrrole nitrogens is 1. The number of nitrogens with zero attached hydrogens (tertiary/aromatic N) is 2. The van der Waals surface area contributed by atoms with E-state index in [1.807, 2.05) is 6.92 Å². The van der Waals surface area contributed by atoms with Crippen LogP contribution in [0.1, 0.15) is 39.2 Å². The fourth-order valence-electron chi connectivity index (χ4n) is 2.76. The second-order valence-corrected chi connectivity index (χ2v) is 7.49. The molecule has 2 atom stereocenters. The first-order valence-electron chi connectivity index (χ1n) is 7.21. The average molecular weight is 300 g/mol. The van der Waals surface area contributed by atoms with Gasteiger partial charge in [0.25, 0.3) is 10.0 Å². The molecule has 114 valence electrons. The molecule has 1 saturated heterocycles. The van der Waals surface area contributed by atoms with Crippen molar-refractivity contribution in [1.82, 2.24) is 19.8 Å². The Balaban J connectivity index is 2.20. The topological polar surface area (TPSA) is 78.1 Å². The first kappa shape index (κ1) is 15.5. The summed E-state index contributed by atoms with van der Waals surface area (Å²) >= 11 is 0. The molecule has 2 rings (SSSR count). The molecule has 0 spiro atoms. The van der Waals surface area contributed by atoms with Gasteiger partial charge in [0, 0.05) is 24.7 Å². The van der Waals surface area contributed by atoms with Crippen molar-refractivity contribution in [1.29, 1.82) is 0 Å². The van der Waals surface area contributed by atoms with Crippen molar-refractivity contribution in [2.75, 3.05) is 13.1 Å². The van der Waals surface area contributed by atoms with Gasteiger partial charge in [-0.05, 0) is 32.2 Å². The molecule has 0 bridgehead atoms. The van der Waals surface area contributed by atoms with E-state index in [1.165, 1.54) is 0 Å². The minimum Gasteiger partial charge on any atom is -0.313 e. The van der Waals surface area contributed by atoms with Crippen LogP contribution in [-0.4, -0.2) is 42.1 Å². The number of sulfonamides is 1. The van der Waals surface area contributed by atoms with E-state index in [1.54, 1.807) is 10.5 Å². The van der Waals surface area contributed by atoms with Crippen molar-refractivity contribution < 1.29 is 8.42 Å². The molecule has 1 aromatic heterocycles. The Hall–Kier alpha value is -0.920. The number of aromatic amines is 1. The molecular formula is C13H24N4O2S. The average Bonchev–Trinajstić information content (AvgIpc) is 2.97. The molecule has 1 fully saturated rings. The summed E-state index contributed by atoms with van der Waals surface area (Å²) in [5.74, 6) is 0.407. The highest BCUT2D eigenvalue weighted by molar-refractivity contribution is 7.89. The highest BCUT2D eigenvalue weighted by Crippen LogP contribution is 2.29. The second-order valence-electron chi connectivity index (χ2n) is 5.67. The van der Waals surface area contributed by atoms with E-state index in [-0.39, 0.29) is 11.1 Å². The Morgan fingerprint density at radius 3 is 2.85 bits per heavy atom. The lowest BCUT2D eigenvalue weighted by Crippen LogP contribution is -2.35. The summed E-state index contributed by atoms with van der Waals surface area (Å²) in [6.07, 6.45) is 3.52. The highest BCUT2D eigenvalue weighted by atomic mass is 32.2. The summed E-state index contributed by atoms with van der Waals surface area (Å²) in [7, 11) is -3.47. The van der Waals surface area contributed by atoms with Crippen LogP contribution in [0, 0.1) is 5.92 Å². The van der Waals surface area contributed by atoms with E-state index in [0.717, 1.165) is 19.4 Å². The maximum Gasteiger partial charge on any atom is 0.260 e. The summed E-state index contributed by atoms with van der Waals surface area (Å²) in [6.45, 7) is 8.10. The molecule has 2 heterocycles. The van der Waals surface area contributed by atoms with Crippen molar-refractivity contribution in [2.45, 2.75) is 51.2 Å². The molecule has 20 heavy (non-hydrogen) atoms. The molecule has 1 aliphatic heterocycles. The summed E-state index contributed by atoms with van der Waals surface area (Å²) in [5, 5.41) is 10.0. The first-order chi connectivity index (χ1) is 9.46. The van der Waals surface area contributed by atoms with Crippen LogP contribution in [0.25, 0.3) is 0 Å². The van der Waals surface area contributed by atoms with Gasteiger partial charge in [-0.25, -0.2) is 8.42 Å². The summed E-state index contributed by atoms with van der Waals surface area (Å²) in [6, 6.07) is 0.0507. The fourth-order valence-corrected chi connectivity index (χ4v) is 4.63. The van der Waals surface area contributed by atoms with E-state index in [9.17, 15) is 8.42 Å². The van der Waals surface area contributed by atoms with Gasteiger partial charge in [0.2, 0.25) is 0 Å². The summed E-state index contributed by atoms with van der Waals surface area (Å²) in [5.41, 5.74) is 0.713. The minimum absolute atomic E-state index is 0.0507. The van der Waals surface area contributed by atoms with Crippen LogP contribution in [0.5, 0.6) is 0 Å². The lowest BCUT2D eigenvalue weighted by atomic mass is 10.1. The van der Waals surface area contributed by atoms with Gasteiger partial charge < -0.3 is 5.32 Å². The Kier molecular flexibility index (Phi) is 4.82. The van der Waals surface area contributed by atoms with Crippen LogP contribution in [0.3, 0.4) is 0 Å². The van der Waals surface area contributed by atoms with E-state index in [2.05, 4.69) is 29.4 Å². The van der Waals surface area contributed by atoms with Gasteiger partial charge >= 0.3 is 0 Å². The zero-order valence-electron chi connectivity index (χ0n) is 12.4. The lowest BCUT2D eigenvalue weighted by molar-refractivity contribution is 0.403. The fraction of sp³-hybridized carbons (Fsp3) is 0.769. The summed E-state index contributed by atoms with van der Waals surface area (Å²) in [4.78, 5) is 0. The molecule has 2 N–H and O–H groups in total. The van der Waals surface area contributed by atoms with Gasteiger partial charge in [-0.15, -0.1) is 0 Å². The van der Waals surface area contributed by atoms with Gasteiger partial charge in [0.15, 0.2) is 5.03 Å². The monoisotopic (exact) mass is 300 g/mol. The molecule has 0 radical (unpaired) electrons. The van der Waals surface area contributed by atoms with Crippen LogP contribution >= 0.6 is 0 Å².